The maximum atomic E-state index is 14.4. The Morgan fingerprint density at radius 3 is 2.25 bits per heavy atom. The van der Waals surface area contributed by atoms with Crippen molar-refractivity contribution in [2.75, 3.05) is 51.4 Å². The molecule has 2 fully saturated rings. The number of unbranched alkanes of at least 4 members (excludes halogenated alkanes) is 9. The number of amides is 1. The van der Waals surface area contributed by atoms with Crippen LogP contribution >= 0.6 is 0 Å². The number of nitrogens with zero attached hydrogens (tertiary/aromatic N) is 2. The van der Waals surface area contributed by atoms with Crippen molar-refractivity contribution in [3.8, 4) is 17.2 Å². The molecule has 2 aromatic carbocycles. The van der Waals surface area contributed by atoms with Crippen LogP contribution in [0.15, 0.2) is 30.3 Å². The summed E-state index contributed by atoms with van der Waals surface area (Å²) in [6.07, 6.45) is 17.8. The Bertz CT molecular complexity index is 1470. The maximum absolute atomic E-state index is 14.4. The first-order valence-corrected chi connectivity index (χ1v) is 20.9. The van der Waals surface area contributed by atoms with E-state index in [0.717, 1.165) is 111 Å². The van der Waals surface area contributed by atoms with Crippen LogP contribution in [0.4, 0.5) is 5.69 Å². The third-order valence-electron chi connectivity index (χ3n) is 11.4. The molecule has 1 amide bonds. The maximum Gasteiger partial charge on any atom is 0.303 e. The van der Waals surface area contributed by atoms with Gasteiger partial charge in [0, 0.05) is 44.2 Å². The van der Waals surface area contributed by atoms with Crippen molar-refractivity contribution < 1.29 is 28.9 Å². The molecular formula is C45H68N2O6. The Labute approximate surface area is 319 Å². The van der Waals surface area contributed by atoms with Gasteiger partial charge in [-0.25, -0.2) is 0 Å². The molecule has 1 saturated carbocycles. The van der Waals surface area contributed by atoms with Crippen molar-refractivity contribution in [2.45, 2.75) is 136 Å². The fourth-order valence-electron chi connectivity index (χ4n) is 8.28. The Morgan fingerprint density at radius 1 is 0.943 bits per heavy atom. The fraction of sp³-hybridized carbons (Fsp3) is 0.689. The van der Waals surface area contributed by atoms with Gasteiger partial charge in [-0.15, -0.1) is 0 Å². The Kier molecular flexibility index (Phi) is 15.2. The van der Waals surface area contributed by atoms with Crippen LogP contribution in [0.3, 0.4) is 0 Å². The van der Waals surface area contributed by atoms with Gasteiger partial charge in [0.25, 0.3) is 5.91 Å². The van der Waals surface area contributed by atoms with E-state index in [1.165, 1.54) is 51.4 Å². The molecule has 294 valence electrons. The van der Waals surface area contributed by atoms with E-state index in [9.17, 15) is 14.7 Å². The van der Waals surface area contributed by atoms with E-state index in [0.29, 0.717) is 25.0 Å². The van der Waals surface area contributed by atoms with Gasteiger partial charge < -0.3 is 29.1 Å². The third-order valence-corrected chi connectivity index (χ3v) is 11.4. The molecule has 0 bridgehead atoms. The number of hydrogen-bond acceptors (Lipinski definition) is 6. The Morgan fingerprint density at radius 2 is 1.62 bits per heavy atom. The minimum absolute atomic E-state index is 0.00112. The fourth-order valence-corrected chi connectivity index (χ4v) is 8.28. The summed E-state index contributed by atoms with van der Waals surface area (Å²) in [6, 6.07) is 10.1. The lowest BCUT2D eigenvalue weighted by Crippen LogP contribution is -2.40. The highest BCUT2D eigenvalue weighted by atomic mass is 16.5. The average Bonchev–Trinajstić information content (AvgIpc) is 3.87. The number of hydrogen-bond donors (Lipinski definition) is 1. The number of ether oxygens (including phenoxy) is 3. The van der Waals surface area contributed by atoms with Gasteiger partial charge in [0.05, 0.1) is 38.0 Å². The molecule has 8 heteroatoms. The number of aliphatic carboxylic acids is 1. The summed E-state index contributed by atoms with van der Waals surface area (Å²) in [5.41, 5.74) is 3.92. The van der Waals surface area contributed by atoms with Crippen molar-refractivity contribution in [3.05, 3.63) is 47.0 Å². The summed E-state index contributed by atoms with van der Waals surface area (Å²) < 4.78 is 18.2. The summed E-state index contributed by atoms with van der Waals surface area (Å²) in [5.74, 6) is 2.55. The van der Waals surface area contributed by atoms with Gasteiger partial charge in [-0.2, -0.15) is 0 Å². The van der Waals surface area contributed by atoms with Crippen LogP contribution in [0.25, 0.3) is 0 Å². The lowest BCUT2D eigenvalue weighted by molar-refractivity contribution is -0.137. The second kappa shape index (κ2) is 19.8. The number of carboxylic acid groups (broad SMARTS) is 1. The van der Waals surface area contributed by atoms with E-state index >= 15 is 0 Å². The minimum Gasteiger partial charge on any atom is -0.497 e. The summed E-state index contributed by atoms with van der Waals surface area (Å²) in [7, 11) is 1.69. The molecule has 2 heterocycles. The molecule has 0 radical (unpaired) electrons. The molecule has 2 aliphatic heterocycles. The predicted octanol–water partition coefficient (Wildman–Crippen LogP) is 10.3. The number of carbonyl (C=O) groups is 2. The third kappa shape index (κ3) is 12.3. The van der Waals surface area contributed by atoms with Crippen molar-refractivity contribution >= 4 is 17.6 Å². The molecule has 1 aliphatic carbocycles. The molecule has 1 saturated heterocycles. The second-order valence-electron chi connectivity index (χ2n) is 17.2. The molecule has 1 N–H and O–H groups in total. The number of fused-ring (bicyclic) bond motifs is 1. The molecule has 53 heavy (non-hydrogen) atoms. The SMILES string of the molecule is CCCCCCCCCCCCN(CC(C)(C)C)C(=O)c1ccc(OC)cc1N1CCC(COc2cc(C(CC(=O)O)C3CC3)cc3c2OCC3)CC1. The zero-order valence-corrected chi connectivity index (χ0v) is 33.6. The van der Waals surface area contributed by atoms with E-state index in [1.54, 1.807) is 7.11 Å². The zero-order chi connectivity index (χ0) is 37.8. The zero-order valence-electron chi connectivity index (χ0n) is 33.6. The highest BCUT2D eigenvalue weighted by molar-refractivity contribution is 6.00. The lowest BCUT2D eigenvalue weighted by atomic mass is 9.89. The largest absolute Gasteiger partial charge is 0.497 e. The molecule has 5 rings (SSSR count). The summed E-state index contributed by atoms with van der Waals surface area (Å²) in [4.78, 5) is 30.5. The monoisotopic (exact) mass is 733 g/mol. The molecular weight excluding hydrogens is 665 g/mol. The summed E-state index contributed by atoms with van der Waals surface area (Å²) >= 11 is 0. The summed E-state index contributed by atoms with van der Waals surface area (Å²) in [6.45, 7) is 13.3. The van der Waals surface area contributed by atoms with Crippen LogP contribution in [-0.2, 0) is 11.2 Å². The highest BCUT2D eigenvalue weighted by Gasteiger charge is 2.35. The number of piperidine rings is 1. The van der Waals surface area contributed by atoms with Crippen molar-refractivity contribution in [1.29, 1.82) is 0 Å². The van der Waals surface area contributed by atoms with Gasteiger partial charge in [-0.3, -0.25) is 9.59 Å². The van der Waals surface area contributed by atoms with Crippen LogP contribution in [0.5, 0.6) is 17.2 Å². The average molecular weight is 733 g/mol. The Hall–Kier alpha value is -3.42. The van der Waals surface area contributed by atoms with Gasteiger partial charge in [-0.1, -0.05) is 91.5 Å². The number of benzene rings is 2. The molecule has 0 aromatic heterocycles. The van der Waals surface area contributed by atoms with Gasteiger partial charge in [-0.05, 0) is 79.0 Å². The van der Waals surface area contributed by atoms with Gasteiger partial charge in [0.15, 0.2) is 11.5 Å². The smallest absolute Gasteiger partial charge is 0.303 e. The number of carbonyl (C=O) groups excluding carboxylic acids is 1. The molecule has 1 atom stereocenters. The van der Waals surface area contributed by atoms with E-state index in [1.807, 2.05) is 18.2 Å². The van der Waals surface area contributed by atoms with Crippen LogP contribution in [0, 0.1) is 17.3 Å². The predicted molar refractivity (Wildman–Crippen MR) is 214 cm³/mol. The first-order valence-electron chi connectivity index (χ1n) is 20.9. The quantitative estimate of drug-likeness (QED) is 0.121. The van der Waals surface area contributed by atoms with Crippen molar-refractivity contribution in [1.82, 2.24) is 4.90 Å². The van der Waals surface area contributed by atoms with Crippen LogP contribution in [-0.4, -0.2) is 68.4 Å². The minimum atomic E-state index is -0.746. The highest BCUT2D eigenvalue weighted by Crippen LogP contribution is 2.48. The first kappa shape index (κ1) is 40.8. The van der Waals surface area contributed by atoms with Crippen LogP contribution in [0.2, 0.25) is 0 Å². The van der Waals surface area contributed by atoms with Crippen molar-refractivity contribution in [3.63, 3.8) is 0 Å². The van der Waals surface area contributed by atoms with Gasteiger partial charge in [0.2, 0.25) is 0 Å². The van der Waals surface area contributed by atoms with E-state index in [2.05, 4.69) is 49.6 Å². The summed E-state index contributed by atoms with van der Waals surface area (Å²) in [5, 5.41) is 9.61. The number of anilines is 1. The standard InChI is InChI=1S/C45H68N2O6/c1-6-7-8-9-10-11-12-13-14-15-23-47(32-45(2,3)4)44(50)38-19-18-37(51-5)29-40(38)46-24-20-33(21-25-46)31-53-41-28-36(27-35-22-26-52-43(35)41)39(30-42(48)49)34-16-17-34/h18-19,27-29,33-34,39H,6-17,20-26,30-32H2,1-5H3,(H,48,49). The van der Waals surface area contributed by atoms with E-state index in [-0.39, 0.29) is 23.7 Å². The van der Waals surface area contributed by atoms with Gasteiger partial charge in [0.1, 0.15) is 5.75 Å². The normalized spacial score (nSPS) is 16.6. The molecule has 8 nitrogen and oxygen atoms in total. The van der Waals surface area contributed by atoms with E-state index < -0.39 is 5.97 Å². The lowest BCUT2D eigenvalue weighted by Gasteiger charge is -2.36. The molecule has 1 unspecified atom stereocenters. The number of rotatable bonds is 22. The molecule has 3 aliphatic rings. The first-order chi connectivity index (χ1) is 25.6. The van der Waals surface area contributed by atoms with Crippen LogP contribution < -0.4 is 19.1 Å². The topological polar surface area (TPSA) is 88.5 Å². The van der Waals surface area contributed by atoms with E-state index in [4.69, 9.17) is 14.2 Å². The molecule has 0 spiro atoms. The number of methoxy groups -OCH3 is 1. The number of carboxylic acids is 1. The van der Waals surface area contributed by atoms with Crippen LogP contribution in [0.1, 0.15) is 151 Å². The molecule has 2 aromatic rings. The van der Waals surface area contributed by atoms with Gasteiger partial charge >= 0.3 is 5.97 Å². The Balaban J connectivity index is 1.19. The second-order valence-corrected chi connectivity index (χ2v) is 17.2. The van der Waals surface area contributed by atoms with Crippen molar-refractivity contribution in [2.24, 2.45) is 17.3 Å².